The summed E-state index contributed by atoms with van der Waals surface area (Å²) in [4.78, 5) is 24.0. The van der Waals surface area contributed by atoms with Crippen LogP contribution >= 0.6 is 0 Å². The van der Waals surface area contributed by atoms with Gasteiger partial charge in [0.05, 0.1) is 37.5 Å². The minimum atomic E-state index is -4.14. The molecule has 0 radical (unpaired) electrons. The summed E-state index contributed by atoms with van der Waals surface area (Å²) in [5.74, 6) is -1.31. The first-order chi connectivity index (χ1) is 14.8. The number of hydrogen-bond acceptors (Lipinski definition) is 6. The predicted molar refractivity (Wildman–Crippen MR) is 109 cm³/mol. The van der Waals surface area contributed by atoms with Crippen molar-refractivity contribution in [1.82, 2.24) is 5.32 Å². The fourth-order valence-corrected chi connectivity index (χ4v) is 4.13. The third kappa shape index (κ3) is 6.35. The van der Waals surface area contributed by atoms with E-state index in [0.717, 1.165) is 11.3 Å². The number of halogens is 3. The van der Waals surface area contributed by atoms with Crippen molar-refractivity contribution in [3.8, 4) is 5.75 Å². The van der Waals surface area contributed by atoms with Crippen molar-refractivity contribution in [3.05, 3.63) is 23.8 Å². The Balaban J connectivity index is 1.51. The molecule has 2 N–H and O–H groups in total. The molecular weight excluding hydrogens is 413 g/mol. The second-order valence-corrected chi connectivity index (χ2v) is 8.01. The number of ether oxygens (including phenoxy) is 2. The van der Waals surface area contributed by atoms with Crippen LogP contribution in [-0.2, 0) is 14.3 Å². The Morgan fingerprint density at radius 1 is 1.19 bits per heavy atom. The van der Waals surface area contributed by atoms with Crippen LogP contribution in [0.3, 0.4) is 0 Å². The molecule has 1 unspecified atom stereocenters. The number of hydrogen-bond donors (Lipinski definition) is 2. The Morgan fingerprint density at radius 3 is 2.61 bits per heavy atom. The number of esters is 1. The van der Waals surface area contributed by atoms with Gasteiger partial charge in [-0.25, -0.2) is 0 Å². The van der Waals surface area contributed by atoms with Crippen molar-refractivity contribution >= 4 is 17.4 Å². The molecule has 1 aromatic rings. The van der Waals surface area contributed by atoms with E-state index >= 15 is 0 Å². The molecule has 1 aromatic carbocycles. The highest BCUT2D eigenvalue weighted by Gasteiger charge is 2.41. The predicted octanol–water partition coefficient (Wildman–Crippen LogP) is 3.81. The van der Waals surface area contributed by atoms with E-state index in [4.69, 9.17) is 9.47 Å². The fourth-order valence-electron chi connectivity index (χ4n) is 4.13. The summed E-state index contributed by atoms with van der Waals surface area (Å²) in [6.07, 6.45) is -3.28. The minimum Gasteiger partial charge on any atom is -0.490 e. The summed E-state index contributed by atoms with van der Waals surface area (Å²) in [7, 11) is 0. The van der Waals surface area contributed by atoms with E-state index in [9.17, 15) is 22.8 Å². The topological polar surface area (TPSA) is 76.7 Å². The first-order valence-corrected chi connectivity index (χ1v) is 10.8. The number of benzene rings is 1. The van der Waals surface area contributed by atoms with Crippen molar-refractivity contribution in [2.24, 2.45) is 5.92 Å². The summed E-state index contributed by atoms with van der Waals surface area (Å²) >= 11 is 0. The highest BCUT2D eigenvalue weighted by Crippen LogP contribution is 2.39. The molecule has 172 valence electrons. The van der Waals surface area contributed by atoms with Crippen LogP contribution in [0.4, 0.5) is 18.9 Å². The zero-order valence-electron chi connectivity index (χ0n) is 17.6. The minimum absolute atomic E-state index is 0.00190. The van der Waals surface area contributed by atoms with Gasteiger partial charge in [-0.3, -0.25) is 9.59 Å². The summed E-state index contributed by atoms with van der Waals surface area (Å²) < 4.78 is 49.3. The molecule has 31 heavy (non-hydrogen) atoms. The summed E-state index contributed by atoms with van der Waals surface area (Å²) in [6, 6.07) is 5.44. The van der Waals surface area contributed by atoms with Crippen molar-refractivity contribution in [2.75, 3.05) is 31.6 Å². The van der Waals surface area contributed by atoms with E-state index < -0.39 is 12.1 Å². The quantitative estimate of drug-likeness (QED) is 0.448. The van der Waals surface area contributed by atoms with E-state index in [0.29, 0.717) is 38.3 Å². The molecule has 0 aromatic heterocycles. The normalized spacial score (nSPS) is 23.0. The maximum Gasteiger partial charge on any atom is 0.391 e. The fraction of sp³-hybridized carbons (Fsp3) is 0.636. The van der Waals surface area contributed by atoms with E-state index in [1.165, 1.54) is 0 Å². The maximum absolute atomic E-state index is 12.8. The molecule has 0 bridgehead atoms. The lowest BCUT2D eigenvalue weighted by molar-refractivity contribution is -0.185. The number of alkyl halides is 3. The molecule has 0 saturated heterocycles. The zero-order valence-corrected chi connectivity index (χ0v) is 17.6. The van der Waals surface area contributed by atoms with Gasteiger partial charge in [0.15, 0.2) is 5.78 Å². The monoisotopic (exact) mass is 442 g/mol. The zero-order chi connectivity index (χ0) is 22.4. The lowest BCUT2D eigenvalue weighted by Crippen LogP contribution is -2.32. The number of ketones is 1. The first kappa shape index (κ1) is 23.4. The highest BCUT2D eigenvalue weighted by molar-refractivity contribution is 5.91. The molecule has 1 fully saturated rings. The van der Waals surface area contributed by atoms with Gasteiger partial charge < -0.3 is 20.1 Å². The molecule has 1 aliphatic carbocycles. The van der Waals surface area contributed by atoms with Gasteiger partial charge in [-0.2, -0.15) is 13.2 Å². The van der Waals surface area contributed by atoms with Gasteiger partial charge in [-0.1, -0.05) is 0 Å². The lowest BCUT2D eigenvalue weighted by Gasteiger charge is -2.30. The molecule has 9 heteroatoms. The summed E-state index contributed by atoms with van der Waals surface area (Å²) in [6.45, 7) is 3.05. The number of fused-ring (bicyclic) bond motifs is 1. The lowest BCUT2D eigenvalue weighted by atomic mass is 9.87. The summed E-state index contributed by atoms with van der Waals surface area (Å²) in [5.41, 5.74) is 1.69. The number of nitrogens with one attached hydrogen (secondary N) is 2. The molecule has 3 rings (SSSR count). The number of carbonyl (C=O) groups excluding carboxylic acids is 2. The van der Waals surface area contributed by atoms with Crippen LogP contribution in [0.1, 0.15) is 50.5 Å². The van der Waals surface area contributed by atoms with Crippen LogP contribution in [0, 0.1) is 5.92 Å². The van der Waals surface area contributed by atoms with E-state index in [2.05, 4.69) is 10.6 Å². The van der Waals surface area contributed by atoms with Crippen molar-refractivity contribution in [2.45, 2.75) is 57.2 Å². The second-order valence-electron chi connectivity index (χ2n) is 8.01. The molecule has 1 aliphatic heterocycles. The van der Waals surface area contributed by atoms with E-state index in [-0.39, 0.29) is 49.6 Å². The van der Waals surface area contributed by atoms with Crippen LogP contribution in [0.15, 0.2) is 18.2 Å². The van der Waals surface area contributed by atoms with Crippen LogP contribution < -0.4 is 15.4 Å². The van der Waals surface area contributed by atoms with E-state index in [1.807, 2.05) is 12.1 Å². The molecule has 2 aliphatic rings. The number of anilines is 1. The van der Waals surface area contributed by atoms with Gasteiger partial charge in [0.1, 0.15) is 5.75 Å². The Bertz CT molecular complexity index is 777. The van der Waals surface area contributed by atoms with Gasteiger partial charge in [0.25, 0.3) is 0 Å². The number of carbonyl (C=O) groups is 2. The molecule has 0 spiro atoms. The van der Waals surface area contributed by atoms with Gasteiger partial charge in [0, 0.05) is 18.8 Å². The van der Waals surface area contributed by atoms with Gasteiger partial charge in [0.2, 0.25) is 0 Å². The van der Waals surface area contributed by atoms with Crippen LogP contribution in [0.5, 0.6) is 5.75 Å². The first-order valence-electron chi connectivity index (χ1n) is 10.8. The number of rotatable bonds is 9. The third-order valence-corrected chi connectivity index (χ3v) is 5.83. The smallest absolute Gasteiger partial charge is 0.391 e. The van der Waals surface area contributed by atoms with Crippen LogP contribution in [0.25, 0.3) is 0 Å². The Hall–Kier alpha value is -2.29. The molecule has 0 amide bonds. The molecular formula is C22H29F3N2O4. The molecule has 1 heterocycles. The maximum atomic E-state index is 12.8. The van der Waals surface area contributed by atoms with Crippen molar-refractivity contribution in [3.63, 3.8) is 0 Å². The highest BCUT2D eigenvalue weighted by atomic mass is 19.4. The van der Waals surface area contributed by atoms with Crippen molar-refractivity contribution < 1.29 is 32.2 Å². The van der Waals surface area contributed by atoms with Gasteiger partial charge in [-0.15, -0.1) is 0 Å². The Labute approximate surface area is 179 Å². The average Bonchev–Trinajstić information content (AvgIpc) is 3.14. The van der Waals surface area contributed by atoms with Crippen LogP contribution in [-0.4, -0.2) is 50.3 Å². The van der Waals surface area contributed by atoms with Crippen molar-refractivity contribution in [1.29, 1.82) is 0 Å². The number of Topliss-reactive ketones (excluding diaryl/α,β-unsaturated/α-hetero) is 1. The largest absolute Gasteiger partial charge is 0.490 e. The molecule has 1 saturated carbocycles. The van der Waals surface area contributed by atoms with E-state index in [1.54, 1.807) is 13.0 Å². The average molecular weight is 442 g/mol. The Kier molecular flexibility index (Phi) is 7.80. The van der Waals surface area contributed by atoms with Crippen LogP contribution in [0.2, 0.25) is 0 Å². The molecule has 1 atom stereocenters. The standard InChI is InChI=1S/C22H29F3N2O4/c1-2-30-21(29)9-10-26-13-20(28)18-12-27-19-8-7-16(11-17(18)19)31-15-5-3-14(4-6-15)22(23,24)25/h7-8,11,14-15,18,26-27H,2-6,9-10,12-13H2,1H3. The Morgan fingerprint density at radius 2 is 1.94 bits per heavy atom. The summed E-state index contributed by atoms with van der Waals surface area (Å²) in [5, 5.41) is 6.18. The third-order valence-electron chi connectivity index (χ3n) is 5.83. The van der Waals surface area contributed by atoms with Gasteiger partial charge in [-0.05, 0) is 56.4 Å². The SMILES string of the molecule is CCOC(=O)CCNCC(=O)C1CNc2ccc(OC3CCC(C(F)(F)F)CC3)cc21. The molecule has 6 nitrogen and oxygen atoms in total. The van der Waals surface area contributed by atoms with Gasteiger partial charge >= 0.3 is 12.1 Å². The second kappa shape index (κ2) is 10.3.